The van der Waals surface area contributed by atoms with E-state index in [2.05, 4.69) is 15.3 Å². The van der Waals surface area contributed by atoms with Crippen molar-refractivity contribution in [3.8, 4) is 5.75 Å². The van der Waals surface area contributed by atoms with E-state index in [-0.39, 0.29) is 5.91 Å². The number of nitrogens with one attached hydrogen (secondary N) is 1. The summed E-state index contributed by atoms with van der Waals surface area (Å²) in [5.74, 6) is 0.350. The highest BCUT2D eigenvalue weighted by atomic mass is 16.5. The number of hydrogen-bond acceptors (Lipinski definition) is 4. The summed E-state index contributed by atoms with van der Waals surface area (Å²) in [4.78, 5) is 21.4. The van der Waals surface area contributed by atoms with Crippen LogP contribution < -0.4 is 10.1 Å². The molecule has 1 aromatic heterocycles. The highest BCUT2D eigenvalue weighted by Gasteiger charge is 2.12. The SMILES string of the molecule is COc1ccccc1C(=O)NCc1nc2ccccc2nc1C. The first-order valence-corrected chi connectivity index (χ1v) is 7.32. The summed E-state index contributed by atoms with van der Waals surface area (Å²) in [6.45, 7) is 2.21. The van der Waals surface area contributed by atoms with Crippen LogP contribution in [0.15, 0.2) is 48.5 Å². The van der Waals surface area contributed by atoms with Crippen LogP contribution in [0.4, 0.5) is 0 Å². The molecule has 0 aliphatic carbocycles. The Morgan fingerprint density at radius 3 is 2.43 bits per heavy atom. The summed E-state index contributed by atoms with van der Waals surface area (Å²) in [6.07, 6.45) is 0. The lowest BCUT2D eigenvalue weighted by atomic mass is 10.2. The number of nitrogens with zero attached hydrogens (tertiary/aromatic N) is 2. The van der Waals surface area contributed by atoms with Crippen molar-refractivity contribution in [3.63, 3.8) is 0 Å². The first-order valence-electron chi connectivity index (χ1n) is 7.32. The van der Waals surface area contributed by atoms with Crippen LogP contribution in [0.25, 0.3) is 11.0 Å². The molecule has 3 aromatic rings. The average Bonchev–Trinajstić information content (AvgIpc) is 2.59. The molecule has 116 valence electrons. The standard InChI is InChI=1S/C18H17N3O2/c1-12-16(21-15-9-5-4-8-14(15)20-12)11-19-18(22)13-7-3-6-10-17(13)23-2/h3-10H,11H2,1-2H3,(H,19,22). The van der Waals surface area contributed by atoms with Gasteiger partial charge in [-0.05, 0) is 31.2 Å². The summed E-state index contributed by atoms with van der Waals surface area (Å²) >= 11 is 0. The Balaban J connectivity index is 1.80. The van der Waals surface area contributed by atoms with Crippen LogP contribution in [-0.4, -0.2) is 23.0 Å². The average molecular weight is 307 g/mol. The predicted octanol–water partition coefficient (Wildman–Crippen LogP) is 2.88. The molecule has 0 radical (unpaired) electrons. The number of hydrogen-bond donors (Lipinski definition) is 1. The van der Waals surface area contributed by atoms with Gasteiger partial charge in [-0.3, -0.25) is 4.79 Å². The topological polar surface area (TPSA) is 64.1 Å². The molecular formula is C18H17N3O2. The quantitative estimate of drug-likeness (QED) is 0.805. The molecule has 0 saturated heterocycles. The fourth-order valence-corrected chi connectivity index (χ4v) is 2.38. The summed E-state index contributed by atoms with van der Waals surface area (Å²) in [5, 5.41) is 2.87. The maximum Gasteiger partial charge on any atom is 0.255 e. The second kappa shape index (κ2) is 6.44. The van der Waals surface area contributed by atoms with Gasteiger partial charge in [0.2, 0.25) is 0 Å². The first kappa shape index (κ1) is 15.0. The minimum Gasteiger partial charge on any atom is -0.496 e. The van der Waals surface area contributed by atoms with E-state index in [1.165, 1.54) is 0 Å². The first-order chi connectivity index (χ1) is 11.2. The van der Waals surface area contributed by atoms with Crippen LogP contribution in [0.1, 0.15) is 21.7 Å². The van der Waals surface area contributed by atoms with Gasteiger partial charge in [0.1, 0.15) is 5.75 Å². The molecule has 0 atom stereocenters. The molecule has 0 aliphatic rings. The summed E-state index contributed by atoms with van der Waals surface area (Å²) in [7, 11) is 1.55. The van der Waals surface area contributed by atoms with E-state index in [1.807, 2.05) is 37.3 Å². The second-order valence-corrected chi connectivity index (χ2v) is 5.13. The smallest absolute Gasteiger partial charge is 0.255 e. The zero-order chi connectivity index (χ0) is 16.2. The highest BCUT2D eigenvalue weighted by molar-refractivity contribution is 5.96. The Bertz CT molecular complexity index is 862. The van der Waals surface area contributed by atoms with E-state index in [0.717, 1.165) is 22.4 Å². The summed E-state index contributed by atoms with van der Waals surface area (Å²) in [5.41, 5.74) is 3.74. The molecule has 1 amide bonds. The molecule has 5 nitrogen and oxygen atoms in total. The fourth-order valence-electron chi connectivity index (χ4n) is 2.38. The number of fused-ring (bicyclic) bond motifs is 1. The van der Waals surface area contributed by atoms with Crippen LogP contribution in [0.2, 0.25) is 0 Å². The van der Waals surface area contributed by atoms with Crippen LogP contribution in [0.5, 0.6) is 5.75 Å². The van der Waals surface area contributed by atoms with Crippen molar-refractivity contribution < 1.29 is 9.53 Å². The van der Waals surface area contributed by atoms with Gasteiger partial charge < -0.3 is 10.1 Å². The lowest BCUT2D eigenvalue weighted by molar-refractivity contribution is 0.0947. The molecular weight excluding hydrogens is 290 g/mol. The van der Waals surface area contributed by atoms with Gasteiger partial charge in [0, 0.05) is 0 Å². The van der Waals surface area contributed by atoms with Crippen LogP contribution in [-0.2, 0) is 6.54 Å². The van der Waals surface area contributed by atoms with Crippen molar-refractivity contribution in [1.82, 2.24) is 15.3 Å². The third-order valence-corrected chi connectivity index (χ3v) is 3.61. The van der Waals surface area contributed by atoms with E-state index < -0.39 is 0 Å². The second-order valence-electron chi connectivity index (χ2n) is 5.13. The number of benzene rings is 2. The van der Waals surface area contributed by atoms with Gasteiger partial charge in [-0.1, -0.05) is 24.3 Å². The van der Waals surface area contributed by atoms with Crippen molar-refractivity contribution in [2.45, 2.75) is 13.5 Å². The predicted molar refractivity (Wildman–Crippen MR) is 88.4 cm³/mol. The Kier molecular flexibility index (Phi) is 4.19. The maximum absolute atomic E-state index is 12.3. The normalized spacial score (nSPS) is 10.5. The van der Waals surface area contributed by atoms with Gasteiger partial charge in [-0.2, -0.15) is 0 Å². The Morgan fingerprint density at radius 1 is 1.04 bits per heavy atom. The molecule has 5 heteroatoms. The van der Waals surface area contributed by atoms with Crippen LogP contribution >= 0.6 is 0 Å². The van der Waals surface area contributed by atoms with E-state index in [0.29, 0.717) is 17.9 Å². The van der Waals surface area contributed by atoms with Crippen molar-refractivity contribution in [2.24, 2.45) is 0 Å². The van der Waals surface area contributed by atoms with E-state index >= 15 is 0 Å². The Morgan fingerprint density at radius 2 is 1.70 bits per heavy atom. The fraction of sp³-hybridized carbons (Fsp3) is 0.167. The number of amides is 1. The van der Waals surface area contributed by atoms with Crippen molar-refractivity contribution in [3.05, 3.63) is 65.5 Å². The van der Waals surface area contributed by atoms with Crippen LogP contribution in [0.3, 0.4) is 0 Å². The summed E-state index contributed by atoms with van der Waals surface area (Å²) in [6, 6.07) is 14.8. The molecule has 2 aromatic carbocycles. The highest BCUT2D eigenvalue weighted by Crippen LogP contribution is 2.17. The number of carbonyl (C=O) groups excluding carboxylic acids is 1. The molecule has 0 aliphatic heterocycles. The number of para-hydroxylation sites is 3. The van der Waals surface area contributed by atoms with E-state index in [9.17, 15) is 4.79 Å². The minimum absolute atomic E-state index is 0.197. The molecule has 0 spiro atoms. The van der Waals surface area contributed by atoms with Gasteiger partial charge in [0.05, 0.1) is 41.6 Å². The van der Waals surface area contributed by atoms with Crippen molar-refractivity contribution in [1.29, 1.82) is 0 Å². The summed E-state index contributed by atoms with van der Waals surface area (Å²) < 4.78 is 5.21. The van der Waals surface area contributed by atoms with Gasteiger partial charge in [0.15, 0.2) is 0 Å². The largest absolute Gasteiger partial charge is 0.496 e. The lowest BCUT2D eigenvalue weighted by Gasteiger charge is -2.10. The maximum atomic E-state index is 12.3. The molecule has 1 N–H and O–H groups in total. The Hall–Kier alpha value is -2.95. The van der Waals surface area contributed by atoms with Gasteiger partial charge in [-0.15, -0.1) is 0 Å². The number of carbonyl (C=O) groups is 1. The zero-order valence-corrected chi connectivity index (χ0v) is 13.0. The third kappa shape index (κ3) is 3.13. The van der Waals surface area contributed by atoms with E-state index in [4.69, 9.17) is 4.74 Å². The molecule has 1 heterocycles. The Labute approximate surface area is 134 Å². The molecule has 0 saturated carbocycles. The molecule has 3 rings (SSSR count). The van der Waals surface area contributed by atoms with Gasteiger partial charge in [-0.25, -0.2) is 9.97 Å². The monoisotopic (exact) mass is 307 g/mol. The number of aromatic nitrogens is 2. The molecule has 0 fully saturated rings. The molecule has 23 heavy (non-hydrogen) atoms. The van der Waals surface area contributed by atoms with Gasteiger partial charge in [0.25, 0.3) is 5.91 Å². The van der Waals surface area contributed by atoms with Crippen molar-refractivity contribution >= 4 is 16.9 Å². The third-order valence-electron chi connectivity index (χ3n) is 3.61. The zero-order valence-electron chi connectivity index (χ0n) is 13.0. The molecule has 0 bridgehead atoms. The number of rotatable bonds is 4. The van der Waals surface area contributed by atoms with Gasteiger partial charge >= 0.3 is 0 Å². The number of ether oxygens (including phenoxy) is 1. The lowest BCUT2D eigenvalue weighted by Crippen LogP contribution is -2.24. The number of aryl methyl sites for hydroxylation is 1. The van der Waals surface area contributed by atoms with Crippen molar-refractivity contribution in [2.75, 3.05) is 7.11 Å². The van der Waals surface area contributed by atoms with Crippen LogP contribution in [0, 0.1) is 6.92 Å². The molecule has 0 unspecified atom stereocenters. The van der Waals surface area contributed by atoms with E-state index in [1.54, 1.807) is 25.3 Å². The minimum atomic E-state index is -0.197. The number of methoxy groups -OCH3 is 1.